The lowest BCUT2D eigenvalue weighted by atomic mass is 9.97. The lowest BCUT2D eigenvalue weighted by molar-refractivity contribution is 0.0694. The summed E-state index contributed by atoms with van der Waals surface area (Å²) >= 11 is 0. The first-order valence-electron chi connectivity index (χ1n) is 9.83. The van der Waals surface area contributed by atoms with Crippen LogP contribution in [0.3, 0.4) is 0 Å². The van der Waals surface area contributed by atoms with E-state index in [1.807, 2.05) is 4.90 Å². The number of carboxylic acids is 1. The Labute approximate surface area is 178 Å². The predicted octanol–water partition coefficient (Wildman–Crippen LogP) is 2.11. The highest BCUT2D eigenvalue weighted by Gasteiger charge is 2.48. The number of carboxylic acid groups (broad SMARTS) is 1. The Morgan fingerprint density at radius 1 is 1.40 bits per heavy atom. The number of nitrogen functional groups attached to an aromatic ring is 1. The van der Waals surface area contributed by atoms with Crippen molar-refractivity contribution in [2.45, 2.75) is 37.8 Å². The lowest BCUT2D eigenvalue weighted by Crippen LogP contribution is -2.36. The summed E-state index contributed by atoms with van der Waals surface area (Å²) in [5, 5.41) is 9.60. The fraction of sp³-hybridized carbons (Fsp3) is 0.500. The summed E-state index contributed by atoms with van der Waals surface area (Å²) < 4.78 is 22.7. The van der Waals surface area contributed by atoms with Crippen molar-refractivity contribution in [1.82, 2.24) is 4.57 Å². The van der Waals surface area contributed by atoms with Gasteiger partial charge >= 0.3 is 5.97 Å². The molecule has 0 spiro atoms. The maximum atomic E-state index is 15.4. The molecule has 8 nitrogen and oxygen atoms in total. The van der Waals surface area contributed by atoms with Crippen molar-refractivity contribution in [3.63, 3.8) is 0 Å². The van der Waals surface area contributed by atoms with Crippen LogP contribution in [0.5, 0.6) is 5.75 Å². The highest BCUT2D eigenvalue weighted by atomic mass is 35.5. The van der Waals surface area contributed by atoms with E-state index in [1.54, 1.807) is 6.92 Å². The summed E-state index contributed by atoms with van der Waals surface area (Å²) in [6, 6.07) is 0.745. The number of hydrogen-bond acceptors (Lipinski definition) is 6. The molecule has 1 aromatic heterocycles. The van der Waals surface area contributed by atoms with Gasteiger partial charge in [0, 0.05) is 24.0 Å². The van der Waals surface area contributed by atoms with Gasteiger partial charge < -0.3 is 26.2 Å². The van der Waals surface area contributed by atoms with Gasteiger partial charge in [-0.1, -0.05) is 0 Å². The van der Waals surface area contributed by atoms with Gasteiger partial charge in [-0.2, -0.15) is 0 Å². The Balaban J connectivity index is 0.00000218. The van der Waals surface area contributed by atoms with Crippen LogP contribution in [0.4, 0.5) is 15.8 Å². The lowest BCUT2D eigenvalue weighted by Gasteiger charge is -2.31. The molecule has 2 atom stereocenters. The molecule has 1 aliphatic carbocycles. The molecule has 0 bridgehead atoms. The smallest absolute Gasteiger partial charge is 0.341 e. The zero-order chi connectivity index (χ0) is 20.7. The molecule has 162 valence electrons. The number of aromatic nitrogens is 1. The molecule has 3 aliphatic rings. The first-order chi connectivity index (χ1) is 13.7. The predicted molar refractivity (Wildman–Crippen MR) is 113 cm³/mol. The normalized spacial score (nSPS) is 23.8. The average molecular weight is 439 g/mol. The van der Waals surface area contributed by atoms with Crippen LogP contribution < -0.4 is 26.7 Å². The van der Waals surface area contributed by atoms with Gasteiger partial charge in [0.05, 0.1) is 17.2 Å². The van der Waals surface area contributed by atoms with Crippen LogP contribution >= 0.6 is 12.4 Å². The molecule has 0 unspecified atom stereocenters. The third-order valence-electron chi connectivity index (χ3n) is 6.68. The molecule has 2 aliphatic heterocycles. The Morgan fingerprint density at radius 2 is 2.10 bits per heavy atom. The van der Waals surface area contributed by atoms with Crippen molar-refractivity contribution < 1.29 is 19.0 Å². The van der Waals surface area contributed by atoms with E-state index in [4.69, 9.17) is 16.2 Å². The van der Waals surface area contributed by atoms with Gasteiger partial charge in [-0.3, -0.25) is 9.36 Å². The quantitative estimate of drug-likeness (QED) is 0.627. The Hall–Kier alpha value is -2.52. The van der Waals surface area contributed by atoms with Gasteiger partial charge in [-0.15, -0.1) is 12.4 Å². The molecule has 10 heteroatoms. The van der Waals surface area contributed by atoms with Crippen molar-refractivity contribution in [3.05, 3.63) is 27.8 Å². The Morgan fingerprint density at radius 3 is 2.73 bits per heavy atom. The molecule has 2 fully saturated rings. The summed E-state index contributed by atoms with van der Waals surface area (Å²) in [5.41, 5.74) is 11.6. The zero-order valence-corrected chi connectivity index (χ0v) is 17.3. The van der Waals surface area contributed by atoms with Gasteiger partial charge in [-0.05, 0) is 38.2 Å². The van der Waals surface area contributed by atoms with Crippen molar-refractivity contribution in [3.8, 4) is 5.75 Å². The first kappa shape index (κ1) is 20.7. The zero-order valence-electron chi connectivity index (χ0n) is 16.5. The molecule has 1 aromatic carbocycles. The van der Waals surface area contributed by atoms with Crippen molar-refractivity contribution in [1.29, 1.82) is 0 Å². The second-order valence-electron chi connectivity index (χ2n) is 8.53. The number of nitrogens with two attached hydrogens (primary N) is 2. The minimum atomic E-state index is -1.37. The van der Waals surface area contributed by atoms with Gasteiger partial charge in [-0.25, -0.2) is 9.18 Å². The molecule has 1 saturated carbocycles. The average Bonchev–Trinajstić information content (AvgIpc) is 3.23. The first-order valence-corrected chi connectivity index (χ1v) is 9.83. The third kappa shape index (κ3) is 2.75. The van der Waals surface area contributed by atoms with E-state index >= 15 is 4.39 Å². The van der Waals surface area contributed by atoms with E-state index in [0.29, 0.717) is 18.6 Å². The van der Waals surface area contributed by atoms with Crippen LogP contribution in [0.25, 0.3) is 10.9 Å². The van der Waals surface area contributed by atoms with Gasteiger partial charge in [0.15, 0.2) is 11.6 Å². The number of rotatable bonds is 3. The second kappa shape index (κ2) is 6.75. The maximum absolute atomic E-state index is 15.4. The van der Waals surface area contributed by atoms with E-state index in [9.17, 15) is 14.7 Å². The molecule has 0 radical (unpaired) electrons. The summed E-state index contributed by atoms with van der Waals surface area (Å²) in [6.45, 7) is 3.11. The monoisotopic (exact) mass is 438 g/mol. The van der Waals surface area contributed by atoms with E-state index in [0.717, 1.165) is 25.3 Å². The van der Waals surface area contributed by atoms with Gasteiger partial charge in [0.2, 0.25) is 0 Å². The fourth-order valence-corrected chi connectivity index (χ4v) is 4.79. The molecule has 1 saturated heterocycles. The SMILES string of the molecule is C[C@H]1COc2c(N3CC[C@@H](C4(N)CC4)C3)c(F)c(N)c3cc(C(=O)O)c(=O)n1c23.Cl. The van der Waals surface area contributed by atoms with Crippen LogP contribution in [-0.2, 0) is 0 Å². The number of anilines is 2. The molecule has 2 aromatic rings. The summed E-state index contributed by atoms with van der Waals surface area (Å²) in [5.74, 6) is -1.50. The Bertz CT molecular complexity index is 1130. The van der Waals surface area contributed by atoms with E-state index in [-0.39, 0.29) is 53.0 Å². The highest BCUT2D eigenvalue weighted by molar-refractivity contribution is 6.03. The highest BCUT2D eigenvalue weighted by Crippen LogP contribution is 2.49. The number of carbonyl (C=O) groups is 1. The van der Waals surface area contributed by atoms with Crippen LogP contribution in [0.1, 0.15) is 42.6 Å². The van der Waals surface area contributed by atoms with E-state index in [1.165, 1.54) is 4.57 Å². The van der Waals surface area contributed by atoms with Crippen molar-refractivity contribution in [2.75, 3.05) is 30.3 Å². The minimum Gasteiger partial charge on any atom is -0.487 e. The third-order valence-corrected chi connectivity index (χ3v) is 6.68. The molecule has 0 amide bonds. The van der Waals surface area contributed by atoms with E-state index in [2.05, 4.69) is 0 Å². The summed E-state index contributed by atoms with van der Waals surface area (Å²) in [6.07, 6.45) is 2.81. The fourth-order valence-electron chi connectivity index (χ4n) is 4.79. The van der Waals surface area contributed by atoms with Gasteiger partial charge in [0.1, 0.15) is 17.9 Å². The number of pyridine rings is 1. The number of nitrogens with zero attached hydrogens (tertiary/aromatic N) is 2. The topological polar surface area (TPSA) is 124 Å². The van der Waals surface area contributed by atoms with Gasteiger partial charge in [0.25, 0.3) is 5.56 Å². The number of benzene rings is 1. The van der Waals surface area contributed by atoms with Crippen LogP contribution in [0.2, 0.25) is 0 Å². The van der Waals surface area contributed by atoms with Crippen molar-refractivity contribution in [2.24, 2.45) is 11.7 Å². The molecule has 30 heavy (non-hydrogen) atoms. The molecule has 5 rings (SSSR count). The van der Waals surface area contributed by atoms with Crippen LogP contribution in [-0.4, -0.2) is 40.9 Å². The van der Waals surface area contributed by atoms with Crippen LogP contribution in [0, 0.1) is 11.7 Å². The largest absolute Gasteiger partial charge is 0.487 e. The summed E-state index contributed by atoms with van der Waals surface area (Å²) in [4.78, 5) is 26.3. The second-order valence-corrected chi connectivity index (χ2v) is 8.53. The van der Waals surface area contributed by atoms with Crippen molar-refractivity contribution >= 4 is 40.7 Å². The standard InChI is InChI=1S/C20H23FN4O4.ClH/c1-9-8-29-17-15-11(6-12(19(27)28)18(26)25(9)15)14(22)13(21)16(17)24-5-2-10(7-24)20(23)3-4-20;/h6,9-10H,2-5,7-8,22-23H2,1H3,(H,27,28);1H/t9-,10+;/m0./s1. The van der Waals surface area contributed by atoms with Crippen LogP contribution in [0.15, 0.2) is 10.9 Å². The minimum absolute atomic E-state index is 0. The Kier molecular flexibility index (Phi) is 4.66. The number of ether oxygens (including phenoxy) is 1. The molecule has 5 N–H and O–H groups in total. The maximum Gasteiger partial charge on any atom is 0.341 e. The van der Waals surface area contributed by atoms with E-state index < -0.39 is 29.0 Å². The molecule has 3 heterocycles. The number of halogens is 2. The molecular weight excluding hydrogens is 415 g/mol. The number of aromatic carboxylic acids is 1. The number of hydrogen-bond donors (Lipinski definition) is 3. The summed E-state index contributed by atoms with van der Waals surface area (Å²) in [7, 11) is 0. The molecular formula is C20H24ClFN4O4.